The molecule has 148 valence electrons. The average molecular weight is 407 g/mol. The first-order valence-corrected chi connectivity index (χ1v) is 9.86. The molecule has 0 heterocycles. The summed E-state index contributed by atoms with van der Waals surface area (Å²) in [5.41, 5.74) is 0.672. The van der Waals surface area contributed by atoms with Gasteiger partial charge in [0.1, 0.15) is 0 Å². The number of hydrogen-bond donors (Lipinski definition) is 1. The fraction of sp³-hybridized carbons (Fsp3) is 0.158. The van der Waals surface area contributed by atoms with Crippen molar-refractivity contribution in [2.24, 2.45) is 0 Å². The minimum atomic E-state index is -3.41. The van der Waals surface area contributed by atoms with Crippen molar-refractivity contribution in [2.75, 3.05) is 25.3 Å². The minimum absolute atomic E-state index is 0.0527. The molecule has 0 radical (unpaired) electrons. The molecule has 0 aliphatic heterocycles. The monoisotopic (exact) mass is 407 g/mol. The number of anilines is 1. The van der Waals surface area contributed by atoms with Crippen molar-refractivity contribution in [1.29, 1.82) is 0 Å². The van der Waals surface area contributed by atoms with Crippen LogP contribution in [0.15, 0.2) is 53.4 Å². The third-order valence-electron chi connectivity index (χ3n) is 3.48. The molecular weight excluding hydrogens is 389 g/mol. The summed E-state index contributed by atoms with van der Waals surface area (Å²) in [4.78, 5) is 23.6. The van der Waals surface area contributed by atoms with Crippen molar-refractivity contribution in [2.45, 2.75) is 4.90 Å². The number of amides is 1. The number of rotatable bonds is 7. The van der Waals surface area contributed by atoms with Crippen LogP contribution >= 0.6 is 0 Å². The highest BCUT2D eigenvalue weighted by molar-refractivity contribution is 7.90. The number of carbonyl (C=O) groups is 2. The molecule has 0 saturated heterocycles. The summed E-state index contributed by atoms with van der Waals surface area (Å²) in [7, 11) is -2.07. The van der Waals surface area contributed by atoms with Crippen LogP contribution in [-0.2, 0) is 24.2 Å². The van der Waals surface area contributed by atoms with E-state index < -0.39 is 34.1 Å². The summed E-state index contributed by atoms with van der Waals surface area (Å²) in [6.07, 6.45) is 3.44. The molecule has 7 nitrogen and oxygen atoms in total. The Bertz CT molecular complexity index is 1020. The quantitative estimate of drug-likeness (QED) is 0.559. The predicted octanol–water partition coefficient (Wildman–Crippen LogP) is 2.43. The van der Waals surface area contributed by atoms with Crippen LogP contribution in [0.3, 0.4) is 0 Å². The van der Waals surface area contributed by atoms with Gasteiger partial charge in [-0.3, -0.25) is 4.79 Å². The number of nitrogens with one attached hydrogen (secondary N) is 1. The Morgan fingerprint density at radius 1 is 1.18 bits per heavy atom. The van der Waals surface area contributed by atoms with Crippen molar-refractivity contribution in [3.05, 3.63) is 59.9 Å². The molecule has 1 N–H and O–H groups in total. The first-order chi connectivity index (χ1) is 13.2. The van der Waals surface area contributed by atoms with Crippen LogP contribution in [0.2, 0.25) is 0 Å². The summed E-state index contributed by atoms with van der Waals surface area (Å²) >= 11 is 0. The Morgan fingerprint density at radius 2 is 1.93 bits per heavy atom. The molecular formula is C19H18FNO6S. The molecule has 9 heteroatoms. The molecule has 0 spiro atoms. The van der Waals surface area contributed by atoms with Gasteiger partial charge in [0.25, 0.3) is 5.91 Å². The third-order valence-corrected chi connectivity index (χ3v) is 4.59. The van der Waals surface area contributed by atoms with Crippen LogP contribution in [0.25, 0.3) is 6.08 Å². The van der Waals surface area contributed by atoms with Crippen molar-refractivity contribution >= 4 is 33.5 Å². The first-order valence-electron chi connectivity index (χ1n) is 7.97. The van der Waals surface area contributed by atoms with Crippen molar-refractivity contribution in [3.8, 4) is 5.75 Å². The zero-order valence-corrected chi connectivity index (χ0v) is 16.0. The van der Waals surface area contributed by atoms with E-state index in [1.807, 2.05) is 0 Å². The molecule has 0 unspecified atom stereocenters. The Morgan fingerprint density at radius 3 is 2.57 bits per heavy atom. The zero-order chi connectivity index (χ0) is 20.7. The van der Waals surface area contributed by atoms with Crippen LogP contribution in [-0.4, -0.2) is 40.3 Å². The van der Waals surface area contributed by atoms with Gasteiger partial charge >= 0.3 is 5.97 Å². The Balaban J connectivity index is 1.89. The van der Waals surface area contributed by atoms with E-state index in [2.05, 4.69) is 5.32 Å². The summed E-state index contributed by atoms with van der Waals surface area (Å²) in [6.45, 7) is -0.566. The lowest BCUT2D eigenvalue weighted by atomic mass is 10.2. The molecule has 0 aromatic heterocycles. The van der Waals surface area contributed by atoms with Crippen molar-refractivity contribution in [3.63, 3.8) is 0 Å². The van der Waals surface area contributed by atoms with Gasteiger partial charge in [-0.25, -0.2) is 17.6 Å². The molecule has 2 rings (SSSR count). The zero-order valence-electron chi connectivity index (χ0n) is 15.1. The summed E-state index contributed by atoms with van der Waals surface area (Å²) in [6, 6.07) is 9.84. The number of carbonyl (C=O) groups excluding carboxylic acids is 2. The molecule has 0 aliphatic carbocycles. The van der Waals surface area contributed by atoms with Gasteiger partial charge in [0, 0.05) is 18.0 Å². The molecule has 0 saturated carbocycles. The number of sulfone groups is 1. The van der Waals surface area contributed by atoms with Gasteiger partial charge in [0.15, 0.2) is 28.0 Å². The maximum absolute atomic E-state index is 13.6. The topological polar surface area (TPSA) is 98.8 Å². The molecule has 2 aromatic carbocycles. The molecule has 0 fully saturated rings. The van der Waals surface area contributed by atoms with Gasteiger partial charge in [0.2, 0.25) is 0 Å². The van der Waals surface area contributed by atoms with Gasteiger partial charge < -0.3 is 14.8 Å². The van der Waals surface area contributed by atoms with Gasteiger partial charge in [-0.1, -0.05) is 12.1 Å². The average Bonchev–Trinajstić information content (AvgIpc) is 2.64. The highest BCUT2D eigenvalue weighted by Gasteiger charge is 2.10. The fourth-order valence-corrected chi connectivity index (χ4v) is 2.80. The van der Waals surface area contributed by atoms with E-state index in [1.54, 1.807) is 6.07 Å². The second-order valence-corrected chi connectivity index (χ2v) is 7.70. The Kier molecular flexibility index (Phi) is 6.89. The highest BCUT2D eigenvalue weighted by Crippen LogP contribution is 2.18. The third kappa shape index (κ3) is 6.20. The van der Waals surface area contributed by atoms with E-state index in [4.69, 9.17) is 9.47 Å². The van der Waals surface area contributed by atoms with E-state index in [9.17, 15) is 22.4 Å². The van der Waals surface area contributed by atoms with Gasteiger partial charge in [-0.05, 0) is 42.0 Å². The highest BCUT2D eigenvalue weighted by atomic mass is 32.2. The molecule has 0 bridgehead atoms. The van der Waals surface area contributed by atoms with E-state index in [-0.39, 0.29) is 16.3 Å². The van der Waals surface area contributed by atoms with E-state index >= 15 is 0 Å². The first kappa shape index (κ1) is 21.1. The van der Waals surface area contributed by atoms with Gasteiger partial charge in [-0.2, -0.15) is 0 Å². The maximum atomic E-state index is 13.6. The summed E-state index contributed by atoms with van der Waals surface area (Å²) < 4.78 is 46.2. The van der Waals surface area contributed by atoms with Crippen LogP contribution in [0.4, 0.5) is 10.1 Å². The Hall–Kier alpha value is -3.20. The number of methoxy groups -OCH3 is 1. The van der Waals surface area contributed by atoms with Crippen molar-refractivity contribution in [1.82, 2.24) is 0 Å². The molecule has 0 aliphatic rings. The van der Waals surface area contributed by atoms with Crippen LogP contribution in [0.5, 0.6) is 5.75 Å². The number of hydrogen-bond acceptors (Lipinski definition) is 6. The lowest BCUT2D eigenvalue weighted by molar-refractivity contribution is -0.142. The molecule has 1 amide bonds. The fourth-order valence-electron chi connectivity index (χ4n) is 2.14. The SMILES string of the molecule is COc1ccc(/C=C/C(=O)OCC(=O)Nc2cccc(S(C)(=O)=O)c2)cc1F. The van der Waals surface area contributed by atoms with Gasteiger partial charge in [-0.15, -0.1) is 0 Å². The lowest BCUT2D eigenvalue weighted by Crippen LogP contribution is -2.20. The largest absolute Gasteiger partial charge is 0.494 e. The van der Waals surface area contributed by atoms with E-state index in [0.29, 0.717) is 5.56 Å². The van der Waals surface area contributed by atoms with E-state index in [1.165, 1.54) is 49.6 Å². The molecule has 28 heavy (non-hydrogen) atoms. The molecule has 0 atom stereocenters. The number of halogens is 1. The number of ether oxygens (including phenoxy) is 2. The number of esters is 1. The van der Waals surface area contributed by atoms with Gasteiger partial charge in [0.05, 0.1) is 12.0 Å². The van der Waals surface area contributed by atoms with Crippen LogP contribution in [0, 0.1) is 5.82 Å². The predicted molar refractivity (Wildman–Crippen MR) is 101 cm³/mol. The van der Waals surface area contributed by atoms with Crippen LogP contribution in [0.1, 0.15) is 5.56 Å². The summed E-state index contributed by atoms with van der Waals surface area (Å²) in [5.74, 6) is -1.93. The maximum Gasteiger partial charge on any atom is 0.331 e. The summed E-state index contributed by atoms with van der Waals surface area (Å²) in [5, 5.41) is 2.44. The standard InChI is InChI=1S/C19H18FNO6S/c1-26-17-8-6-13(10-16(17)20)7-9-19(23)27-12-18(22)21-14-4-3-5-15(11-14)28(2,24)25/h3-11H,12H2,1-2H3,(H,21,22)/b9-7+. The molecule has 2 aromatic rings. The second-order valence-electron chi connectivity index (χ2n) is 5.68. The Labute approximate surface area is 161 Å². The van der Waals surface area contributed by atoms with Crippen LogP contribution < -0.4 is 10.1 Å². The normalized spacial score (nSPS) is 11.2. The smallest absolute Gasteiger partial charge is 0.331 e. The van der Waals surface area contributed by atoms with Crippen molar-refractivity contribution < 1.29 is 31.9 Å². The minimum Gasteiger partial charge on any atom is -0.494 e. The number of benzene rings is 2. The lowest BCUT2D eigenvalue weighted by Gasteiger charge is -2.07. The van der Waals surface area contributed by atoms with E-state index in [0.717, 1.165) is 12.3 Å². The second kappa shape index (κ2) is 9.14.